The lowest BCUT2D eigenvalue weighted by molar-refractivity contribution is 0.0741. The molecule has 2 aliphatic heterocycles. The van der Waals surface area contributed by atoms with Gasteiger partial charge >= 0.3 is 0 Å². The van der Waals surface area contributed by atoms with Crippen LogP contribution in [0.25, 0.3) is 0 Å². The van der Waals surface area contributed by atoms with Crippen LogP contribution in [-0.4, -0.2) is 74.4 Å². The van der Waals surface area contributed by atoms with Gasteiger partial charge in [-0.3, -0.25) is 9.69 Å². The van der Waals surface area contributed by atoms with Crippen LogP contribution in [-0.2, 0) is 19.5 Å². The van der Waals surface area contributed by atoms with E-state index in [1.807, 2.05) is 52.7 Å². The summed E-state index contributed by atoms with van der Waals surface area (Å²) in [5, 5.41) is 3.50. The quantitative estimate of drug-likeness (QED) is 0.207. The van der Waals surface area contributed by atoms with Gasteiger partial charge in [-0.25, -0.2) is 4.98 Å². The van der Waals surface area contributed by atoms with Gasteiger partial charge in [-0.15, -0.1) is 11.3 Å². The maximum Gasteiger partial charge on any atom is 0.273 e. The van der Waals surface area contributed by atoms with E-state index >= 15 is 0 Å². The molecule has 0 bridgehead atoms. The van der Waals surface area contributed by atoms with E-state index in [9.17, 15) is 4.79 Å². The predicted molar refractivity (Wildman–Crippen MR) is 172 cm³/mol. The van der Waals surface area contributed by atoms with Crippen LogP contribution in [0.5, 0.6) is 23.0 Å². The average molecular weight is 635 g/mol. The van der Waals surface area contributed by atoms with Gasteiger partial charge in [0.15, 0.2) is 23.0 Å². The Bertz CT molecular complexity index is 1610. The van der Waals surface area contributed by atoms with Gasteiger partial charge in [0, 0.05) is 55.4 Å². The Morgan fingerprint density at radius 2 is 1.73 bits per heavy atom. The highest BCUT2D eigenvalue weighted by Crippen LogP contribution is 2.33. The molecule has 0 atom stereocenters. The van der Waals surface area contributed by atoms with Gasteiger partial charge in [-0.2, -0.15) is 0 Å². The third-order valence-corrected chi connectivity index (χ3v) is 8.95. The van der Waals surface area contributed by atoms with Crippen LogP contribution < -0.4 is 23.8 Å². The minimum atomic E-state index is -0.0223. The SMILES string of the molecule is COc1ccc(CCN(Cc2ccc3c(c2)OCO3)Cc2nc(C(=O)N3CCN(c4cccc(Cl)c4)CC3)cs2)cc1OC. The fourth-order valence-corrected chi connectivity index (χ4v) is 6.50. The number of anilines is 1. The molecule has 0 radical (unpaired) electrons. The summed E-state index contributed by atoms with van der Waals surface area (Å²) in [6, 6.07) is 19.9. The van der Waals surface area contributed by atoms with Crippen molar-refractivity contribution in [3.8, 4) is 23.0 Å². The summed E-state index contributed by atoms with van der Waals surface area (Å²) in [6.07, 6.45) is 0.805. The highest BCUT2D eigenvalue weighted by molar-refractivity contribution is 7.09. The number of hydrogen-bond acceptors (Lipinski definition) is 9. The fraction of sp³-hybridized carbons (Fsp3) is 0.333. The normalized spacial score (nSPS) is 14.3. The molecule has 1 saturated heterocycles. The van der Waals surface area contributed by atoms with E-state index in [0.29, 0.717) is 48.4 Å². The molecule has 3 aromatic carbocycles. The van der Waals surface area contributed by atoms with Crippen molar-refractivity contribution < 1.29 is 23.7 Å². The van der Waals surface area contributed by atoms with Crippen LogP contribution in [0.15, 0.2) is 66.0 Å². The molecule has 44 heavy (non-hydrogen) atoms. The molecule has 230 valence electrons. The third kappa shape index (κ3) is 7.04. The molecule has 0 aliphatic carbocycles. The summed E-state index contributed by atoms with van der Waals surface area (Å²) in [5.74, 6) is 2.93. The van der Waals surface area contributed by atoms with E-state index in [2.05, 4.69) is 28.0 Å². The van der Waals surface area contributed by atoms with E-state index in [-0.39, 0.29) is 12.7 Å². The summed E-state index contributed by atoms with van der Waals surface area (Å²) in [7, 11) is 3.28. The van der Waals surface area contributed by atoms with Gasteiger partial charge in [0.05, 0.1) is 20.8 Å². The summed E-state index contributed by atoms with van der Waals surface area (Å²) in [5.41, 5.74) is 3.84. The fourth-order valence-electron chi connectivity index (χ4n) is 5.51. The van der Waals surface area contributed by atoms with Crippen molar-refractivity contribution in [2.45, 2.75) is 19.5 Å². The second-order valence-corrected chi connectivity index (χ2v) is 12.1. The van der Waals surface area contributed by atoms with Crippen LogP contribution >= 0.6 is 22.9 Å². The number of halogens is 1. The van der Waals surface area contributed by atoms with Crippen LogP contribution in [0.3, 0.4) is 0 Å². The second kappa shape index (κ2) is 13.8. The number of thiazole rings is 1. The lowest BCUT2D eigenvalue weighted by atomic mass is 10.1. The molecule has 0 saturated carbocycles. The maximum absolute atomic E-state index is 13.4. The van der Waals surface area contributed by atoms with Crippen LogP contribution in [0.1, 0.15) is 26.6 Å². The summed E-state index contributed by atoms with van der Waals surface area (Å²) in [4.78, 5) is 24.7. The molecule has 1 aromatic heterocycles. The van der Waals surface area contributed by atoms with Crippen molar-refractivity contribution in [2.24, 2.45) is 0 Å². The standard InChI is InChI=1S/C33H35ClN4O5S/c1-40-28-8-6-23(16-30(28)41-2)10-11-36(19-24-7-9-29-31(17-24)43-22-42-29)20-32-35-27(21-44-32)33(39)38-14-12-37(13-15-38)26-5-3-4-25(34)18-26/h3-9,16-18,21H,10-15,19-20,22H2,1-2H3. The van der Waals surface area contributed by atoms with Crippen LogP contribution in [0, 0.1) is 0 Å². The number of rotatable bonds is 11. The Kier molecular flexibility index (Phi) is 9.40. The molecule has 6 rings (SSSR count). The van der Waals surface area contributed by atoms with Crippen molar-refractivity contribution in [3.05, 3.63) is 92.9 Å². The van der Waals surface area contributed by atoms with Gasteiger partial charge in [0.1, 0.15) is 10.7 Å². The molecule has 0 N–H and O–H groups in total. The number of piperazine rings is 1. The van der Waals surface area contributed by atoms with E-state index in [4.69, 9.17) is 35.5 Å². The Morgan fingerprint density at radius 3 is 2.52 bits per heavy atom. The molecule has 3 heterocycles. The monoisotopic (exact) mass is 634 g/mol. The molecule has 4 aromatic rings. The van der Waals surface area contributed by atoms with Crippen molar-refractivity contribution in [1.82, 2.24) is 14.8 Å². The molecule has 0 spiro atoms. The van der Waals surface area contributed by atoms with Gasteiger partial charge < -0.3 is 28.7 Å². The molecule has 0 unspecified atom stereocenters. The van der Waals surface area contributed by atoms with E-state index < -0.39 is 0 Å². The highest BCUT2D eigenvalue weighted by Gasteiger charge is 2.25. The first-order chi connectivity index (χ1) is 21.5. The Balaban J connectivity index is 1.12. The largest absolute Gasteiger partial charge is 0.493 e. The number of nitrogens with zero attached hydrogens (tertiary/aromatic N) is 4. The maximum atomic E-state index is 13.4. The van der Waals surface area contributed by atoms with E-state index in [0.717, 1.165) is 59.4 Å². The van der Waals surface area contributed by atoms with E-state index in [1.165, 1.54) is 11.3 Å². The molecular weight excluding hydrogens is 600 g/mol. The zero-order valence-corrected chi connectivity index (χ0v) is 26.4. The number of ether oxygens (including phenoxy) is 4. The van der Waals surface area contributed by atoms with Gasteiger partial charge in [0.25, 0.3) is 5.91 Å². The summed E-state index contributed by atoms with van der Waals surface area (Å²) < 4.78 is 22.0. The lowest BCUT2D eigenvalue weighted by Gasteiger charge is -2.35. The Labute approximate surface area is 266 Å². The molecule has 1 fully saturated rings. The molecule has 11 heteroatoms. The van der Waals surface area contributed by atoms with Crippen LogP contribution in [0.2, 0.25) is 5.02 Å². The Hall–Kier alpha value is -3.99. The van der Waals surface area contributed by atoms with Gasteiger partial charge in [-0.1, -0.05) is 29.8 Å². The average Bonchev–Trinajstić information content (AvgIpc) is 3.73. The number of aromatic nitrogens is 1. The van der Waals surface area contributed by atoms with Gasteiger partial charge in [-0.05, 0) is 60.0 Å². The Morgan fingerprint density at radius 1 is 0.932 bits per heavy atom. The topological polar surface area (TPSA) is 76.6 Å². The van der Waals surface area contributed by atoms with Crippen LogP contribution in [0.4, 0.5) is 5.69 Å². The number of amides is 1. The summed E-state index contributed by atoms with van der Waals surface area (Å²) >= 11 is 7.71. The zero-order valence-electron chi connectivity index (χ0n) is 24.8. The first-order valence-electron chi connectivity index (χ1n) is 14.5. The summed E-state index contributed by atoms with van der Waals surface area (Å²) in [6.45, 7) is 5.11. The molecule has 9 nitrogen and oxygen atoms in total. The molecule has 2 aliphatic rings. The van der Waals surface area contributed by atoms with Crippen molar-refractivity contribution in [2.75, 3.05) is 58.6 Å². The smallest absolute Gasteiger partial charge is 0.273 e. The number of carbonyl (C=O) groups excluding carboxylic acids is 1. The number of carbonyl (C=O) groups is 1. The predicted octanol–water partition coefficient (Wildman–Crippen LogP) is 5.75. The van der Waals surface area contributed by atoms with E-state index in [1.54, 1.807) is 14.2 Å². The van der Waals surface area contributed by atoms with Gasteiger partial charge in [0.2, 0.25) is 6.79 Å². The van der Waals surface area contributed by atoms with Crippen molar-refractivity contribution >= 4 is 34.5 Å². The second-order valence-electron chi connectivity index (χ2n) is 10.7. The minimum Gasteiger partial charge on any atom is -0.493 e. The van der Waals surface area contributed by atoms with Crippen molar-refractivity contribution in [3.63, 3.8) is 0 Å². The number of benzene rings is 3. The molecular formula is C33H35ClN4O5S. The third-order valence-electron chi connectivity index (χ3n) is 7.88. The highest BCUT2D eigenvalue weighted by atomic mass is 35.5. The zero-order chi connectivity index (χ0) is 30.5. The first kappa shape index (κ1) is 30.1. The number of hydrogen-bond donors (Lipinski definition) is 0. The minimum absolute atomic E-state index is 0.0223. The van der Waals surface area contributed by atoms with Crippen molar-refractivity contribution in [1.29, 1.82) is 0 Å². The first-order valence-corrected chi connectivity index (χ1v) is 15.8. The molecule has 1 amide bonds. The number of methoxy groups -OCH3 is 2. The number of fused-ring (bicyclic) bond motifs is 1. The lowest BCUT2D eigenvalue weighted by Crippen LogP contribution is -2.48.